The average molecular weight is 375 g/mol. The number of para-hydroxylation sites is 1. The molecule has 27 heavy (non-hydrogen) atoms. The van der Waals surface area contributed by atoms with Gasteiger partial charge in [-0.05, 0) is 29.9 Å². The van der Waals surface area contributed by atoms with Gasteiger partial charge in [0.15, 0.2) is 5.11 Å². The van der Waals surface area contributed by atoms with Crippen molar-refractivity contribution in [3.05, 3.63) is 77.5 Å². The summed E-state index contributed by atoms with van der Waals surface area (Å²) in [5.41, 5.74) is 3.12. The standard InChI is InChI=1S/C21H17N3O2S/c1-23-20(26)17(19(25)22-21(23)27)11-15-13-24(12-14-7-3-2-4-8-14)18-10-6-5-9-16(15)18/h2-11,13H,12H2,1H3,(H,22,25,27)/b17-11-. The van der Waals surface area contributed by atoms with Crippen molar-refractivity contribution in [1.29, 1.82) is 0 Å². The van der Waals surface area contributed by atoms with E-state index in [2.05, 4.69) is 22.0 Å². The zero-order chi connectivity index (χ0) is 19.0. The maximum absolute atomic E-state index is 12.5. The normalized spacial score (nSPS) is 16.3. The summed E-state index contributed by atoms with van der Waals surface area (Å²) >= 11 is 5.00. The molecule has 1 fully saturated rings. The van der Waals surface area contributed by atoms with E-state index < -0.39 is 11.8 Å². The molecule has 0 radical (unpaired) electrons. The van der Waals surface area contributed by atoms with Crippen LogP contribution in [0.5, 0.6) is 0 Å². The van der Waals surface area contributed by atoms with Gasteiger partial charge in [0.05, 0.1) is 0 Å². The van der Waals surface area contributed by atoms with Crippen LogP contribution >= 0.6 is 12.2 Å². The Labute approximate surface area is 161 Å². The molecule has 0 spiro atoms. The van der Waals surface area contributed by atoms with E-state index in [0.717, 1.165) is 16.5 Å². The van der Waals surface area contributed by atoms with Crippen LogP contribution in [0.4, 0.5) is 0 Å². The number of amides is 2. The fourth-order valence-electron chi connectivity index (χ4n) is 3.20. The van der Waals surface area contributed by atoms with E-state index in [4.69, 9.17) is 12.2 Å². The zero-order valence-electron chi connectivity index (χ0n) is 14.7. The molecule has 2 amide bonds. The van der Waals surface area contributed by atoms with Crippen molar-refractivity contribution in [1.82, 2.24) is 14.8 Å². The quantitative estimate of drug-likeness (QED) is 0.435. The van der Waals surface area contributed by atoms with Gasteiger partial charge in [-0.3, -0.25) is 19.8 Å². The highest BCUT2D eigenvalue weighted by molar-refractivity contribution is 7.80. The number of rotatable bonds is 3. The lowest BCUT2D eigenvalue weighted by atomic mass is 10.1. The minimum Gasteiger partial charge on any atom is -0.342 e. The van der Waals surface area contributed by atoms with Gasteiger partial charge in [-0.1, -0.05) is 48.5 Å². The third kappa shape index (κ3) is 3.15. The Morgan fingerprint density at radius 2 is 1.74 bits per heavy atom. The van der Waals surface area contributed by atoms with E-state index in [0.29, 0.717) is 6.54 Å². The number of nitrogens with zero attached hydrogens (tertiary/aromatic N) is 2. The Kier molecular flexibility index (Phi) is 4.33. The molecule has 1 aliphatic heterocycles. The van der Waals surface area contributed by atoms with Crippen LogP contribution in [-0.4, -0.2) is 33.4 Å². The molecule has 6 heteroatoms. The highest BCUT2D eigenvalue weighted by Crippen LogP contribution is 2.25. The van der Waals surface area contributed by atoms with Gasteiger partial charge >= 0.3 is 0 Å². The van der Waals surface area contributed by atoms with Crippen LogP contribution in [0, 0.1) is 0 Å². The molecule has 2 heterocycles. The number of fused-ring (bicyclic) bond motifs is 1. The highest BCUT2D eigenvalue weighted by atomic mass is 32.1. The van der Waals surface area contributed by atoms with Gasteiger partial charge in [-0.25, -0.2) is 0 Å². The molecule has 3 aromatic rings. The predicted octanol–water partition coefficient (Wildman–Crippen LogP) is 2.95. The molecule has 0 saturated carbocycles. The zero-order valence-corrected chi connectivity index (χ0v) is 15.5. The summed E-state index contributed by atoms with van der Waals surface area (Å²) in [6.45, 7) is 0.703. The first-order valence-corrected chi connectivity index (χ1v) is 8.92. The summed E-state index contributed by atoms with van der Waals surface area (Å²) in [7, 11) is 1.55. The molecule has 1 aliphatic rings. The first-order chi connectivity index (χ1) is 13.0. The number of thiocarbonyl (C=S) groups is 1. The highest BCUT2D eigenvalue weighted by Gasteiger charge is 2.31. The van der Waals surface area contributed by atoms with Crippen LogP contribution in [0.15, 0.2) is 66.4 Å². The topological polar surface area (TPSA) is 54.3 Å². The summed E-state index contributed by atoms with van der Waals surface area (Å²) in [5.74, 6) is -0.869. The molecule has 134 valence electrons. The molecule has 4 rings (SSSR count). The van der Waals surface area contributed by atoms with Gasteiger partial charge in [0.2, 0.25) is 0 Å². The van der Waals surface area contributed by atoms with E-state index in [9.17, 15) is 9.59 Å². The lowest BCUT2D eigenvalue weighted by Gasteiger charge is -2.24. The van der Waals surface area contributed by atoms with E-state index in [1.165, 1.54) is 10.5 Å². The minimum absolute atomic E-state index is 0.0775. The molecule has 1 saturated heterocycles. The lowest BCUT2D eigenvalue weighted by molar-refractivity contribution is -0.128. The van der Waals surface area contributed by atoms with E-state index in [1.807, 2.05) is 48.7 Å². The second-order valence-electron chi connectivity index (χ2n) is 6.40. The Bertz CT molecular complexity index is 1100. The number of likely N-dealkylation sites (N-methyl/N-ethyl adjacent to an activating group) is 1. The van der Waals surface area contributed by atoms with Crippen molar-refractivity contribution >= 4 is 46.1 Å². The van der Waals surface area contributed by atoms with Crippen LogP contribution in [-0.2, 0) is 16.1 Å². The van der Waals surface area contributed by atoms with Crippen molar-refractivity contribution in [2.75, 3.05) is 7.05 Å². The summed E-state index contributed by atoms with van der Waals surface area (Å²) in [5, 5.41) is 3.65. The van der Waals surface area contributed by atoms with Crippen LogP contribution in [0.3, 0.4) is 0 Å². The van der Waals surface area contributed by atoms with Crippen molar-refractivity contribution in [3.63, 3.8) is 0 Å². The Morgan fingerprint density at radius 1 is 1.04 bits per heavy atom. The number of hydrogen-bond donors (Lipinski definition) is 1. The van der Waals surface area contributed by atoms with E-state index >= 15 is 0 Å². The molecule has 0 atom stereocenters. The number of aromatic nitrogens is 1. The summed E-state index contributed by atoms with van der Waals surface area (Å²) in [6.07, 6.45) is 3.61. The van der Waals surface area contributed by atoms with E-state index in [1.54, 1.807) is 13.1 Å². The van der Waals surface area contributed by atoms with Crippen molar-refractivity contribution in [2.45, 2.75) is 6.54 Å². The molecule has 0 unspecified atom stereocenters. The predicted molar refractivity (Wildman–Crippen MR) is 109 cm³/mol. The number of carbonyl (C=O) groups excluding carboxylic acids is 2. The lowest BCUT2D eigenvalue weighted by Crippen LogP contribution is -2.52. The largest absolute Gasteiger partial charge is 0.342 e. The van der Waals surface area contributed by atoms with E-state index in [-0.39, 0.29) is 10.7 Å². The molecule has 1 aromatic heterocycles. The van der Waals surface area contributed by atoms with Crippen LogP contribution < -0.4 is 5.32 Å². The van der Waals surface area contributed by atoms with Gasteiger partial charge in [0, 0.05) is 36.3 Å². The fourth-order valence-corrected chi connectivity index (χ4v) is 3.38. The first kappa shape index (κ1) is 17.2. The summed E-state index contributed by atoms with van der Waals surface area (Å²) in [4.78, 5) is 26.0. The second-order valence-corrected chi connectivity index (χ2v) is 6.78. The van der Waals surface area contributed by atoms with Crippen molar-refractivity contribution < 1.29 is 9.59 Å². The van der Waals surface area contributed by atoms with Crippen molar-refractivity contribution in [3.8, 4) is 0 Å². The third-order valence-corrected chi connectivity index (χ3v) is 5.00. The summed E-state index contributed by atoms with van der Waals surface area (Å²) < 4.78 is 2.12. The van der Waals surface area contributed by atoms with Crippen molar-refractivity contribution in [2.24, 2.45) is 0 Å². The molecule has 2 aromatic carbocycles. The molecular weight excluding hydrogens is 358 g/mol. The molecule has 0 bridgehead atoms. The molecule has 1 N–H and O–H groups in total. The SMILES string of the molecule is CN1C(=O)/C(=C\c2cn(Cc3ccccc3)c3ccccc23)C(=O)NC1=S. The minimum atomic E-state index is -0.469. The molecular formula is C21H17N3O2S. The smallest absolute Gasteiger partial charge is 0.265 e. The number of nitrogens with one attached hydrogen (secondary N) is 1. The maximum Gasteiger partial charge on any atom is 0.265 e. The van der Waals surface area contributed by atoms with Gasteiger partial charge in [-0.15, -0.1) is 0 Å². The number of benzene rings is 2. The molecule has 5 nitrogen and oxygen atoms in total. The van der Waals surface area contributed by atoms with Gasteiger partial charge < -0.3 is 4.57 Å². The Balaban J connectivity index is 1.80. The Morgan fingerprint density at radius 3 is 2.52 bits per heavy atom. The first-order valence-electron chi connectivity index (χ1n) is 8.51. The van der Waals surface area contributed by atoms with Gasteiger partial charge in [-0.2, -0.15) is 0 Å². The average Bonchev–Trinajstić information content (AvgIpc) is 3.02. The third-order valence-electron chi connectivity index (χ3n) is 4.62. The summed E-state index contributed by atoms with van der Waals surface area (Å²) in [6, 6.07) is 18.1. The van der Waals surface area contributed by atoms with Crippen LogP contribution in [0.2, 0.25) is 0 Å². The van der Waals surface area contributed by atoms with Crippen LogP contribution in [0.25, 0.3) is 17.0 Å². The Hall–Kier alpha value is -3.25. The monoisotopic (exact) mass is 375 g/mol. The number of hydrogen-bond acceptors (Lipinski definition) is 3. The van der Waals surface area contributed by atoms with Gasteiger partial charge in [0.25, 0.3) is 11.8 Å². The second kappa shape index (κ2) is 6.81. The number of carbonyl (C=O) groups is 2. The van der Waals surface area contributed by atoms with Crippen LogP contribution in [0.1, 0.15) is 11.1 Å². The fraction of sp³-hybridized carbons (Fsp3) is 0.0952. The molecule has 0 aliphatic carbocycles. The maximum atomic E-state index is 12.5. The van der Waals surface area contributed by atoms with Gasteiger partial charge in [0.1, 0.15) is 5.57 Å².